The quantitative estimate of drug-likeness (QED) is 0.564. The summed E-state index contributed by atoms with van der Waals surface area (Å²) in [6.45, 7) is 4.06. The number of hydrogen-bond donors (Lipinski definition) is 3. The molecule has 1 unspecified atom stereocenters. The normalized spacial score (nSPS) is 18.9. The molecule has 0 spiro atoms. The van der Waals surface area contributed by atoms with E-state index >= 15 is 0 Å². The van der Waals surface area contributed by atoms with Crippen molar-refractivity contribution < 1.29 is 14.7 Å². The molecule has 2 aliphatic heterocycles. The Morgan fingerprint density at radius 2 is 1.80 bits per heavy atom. The van der Waals surface area contributed by atoms with Gasteiger partial charge in [0.1, 0.15) is 0 Å². The molecule has 1 aromatic heterocycles. The Labute approximate surface area is 174 Å². The van der Waals surface area contributed by atoms with Gasteiger partial charge in [-0.3, -0.25) is 14.7 Å². The molecule has 2 aromatic carbocycles. The van der Waals surface area contributed by atoms with Gasteiger partial charge in [-0.25, -0.2) is 0 Å². The lowest BCUT2D eigenvalue weighted by molar-refractivity contribution is -0.123. The van der Waals surface area contributed by atoms with E-state index in [9.17, 15) is 4.79 Å². The third-order valence-electron chi connectivity index (χ3n) is 5.85. The molecule has 30 heavy (non-hydrogen) atoms. The number of aromatic nitrogens is 2. The van der Waals surface area contributed by atoms with Gasteiger partial charge in [0.25, 0.3) is 6.47 Å². The SMILES string of the molecule is CN1CCN(c2ccc(C3CC(=O)Nc4c3ccc3[nH]ncc43)cc2)CC1.O=CO. The van der Waals surface area contributed by atoms with Crippen molar-refractivity contribution in [1.82, 2.24) is 15.1 Å². The molecule has 8 nitrogen and oxygen atoms in total. The number of hydrogen-bond acceptors (Lipinski definition) is 5. The highest BCUT2D eigenvalue weighted by molar-refractivity contribution is 6.05. The Morgan fingerprint density at radius 1 is 1.10 bits per heavy atom. The number of benzene rings is 2. The van der Waals surface area contributed by atoms with Crippen LogP contribution in [0.4, 0.5) is 11.4 Å². The lowest BCUT2D eigenvalue weighted by atomic mass is 9.84. The van der Waals surface area contributed by atoms with Gasteiger partial charge in [0.2, 0.25) is 5.91 Å². The van der Waals surface area contributed by atoms with Crippen LogP contribution >= 0.6 is 0 Å². The molecule has 1 fully saturated rings. The maximum absolute atomic E-state index is 12.4. The average Bonchev–Trinajstić information content (AvgIpc) is 3.24. The summed E-state index contributed by atoms with van der Waals surface area (Å²) in [6, 6.07) is 12.9. The van der Waals surface area contributed by atoms with Gasteiger partial charge in [-0.05, 0) is 36.4 Å². The van der Waals surface area contributed by atoms with Crippen LogP contribution in [0.5, 0.6) is 0 Å². The number of piperazine rings is 1. The summed E-state index contributed by atoms with van der Waals surface area (Å²) in [6.07, 6.45) is 2.26. The number of aromatic amines is 1. The molecule has 8 heteroatoms. The zero-order valence-corrected chi connectivity index (χ0v) is 16.8. The number of rotatable bonds is 2. The molecule has 3 heterocycles. The minimum atomic E-state index is -0.250. The van der Waals surface area contributed by atoms with Crippen molar-refractivity contribution in [2.45, 2.75) is 12.3 Å². The van der Waals surface area contributed by atoms with Crippen LogP contribution in [0, 0.1) is 0 Å². The first-order valence-electron chi connectivity index (χ1n) is 9.98. The highest BCUT2D eigenvalue weighted by Crippen LogP contribution is 2.40. The summed E-state index contributed by atoms with van der Waals surface area (Å²) in [5.74, 6) is 0.138. The molecule has 5 rings (SSSR count). The van der Waals surface area contributed by atoms with Gasteiger partial charge in [0.05, 0.1) is 17.4 Å². The van der Waals surface area contributed by atoms with E-state index in [1.807, 2.05) is 6.07 Å². The molecule has 3 aromatic rings. The predicted octanol–water partition coefficient (Wildman–Crippen LogP) is 2.49. The Balaban J connectivity index is 0.000000687. The molecule has 0 saturated carbocycles. The zero-order valence-electron chi connectivity index (χ0n) is 16.8. The predicted molar refractivity (Wildman–Crippen MR) is 116 cm³/mol. The number of likely N-dealkylation sites (N-methyl/N-ethyl adjacent to an activating group) is 1. The second-order valence-electron chi connectivity index (χ2n) is 7.65. The van der Waals surface area contributed by atoms with E-state index in [1.54, 1.807) is 6.20 Å². The van der Waals surface area contributed by atoms with Crippen LogP contribution in [-0.2, 0) is 9.59 Å². The lowest BCUT2D eigenvalue weighted by Gasteiger charge is -2.34. The highest BCUT2D eigenvalue weighted by atomic mass is 16.3. The first-order valence-corrected chi connectivity index (χ1v) is 9.98. The van der Waals surface area contributed by atoms with Crippen LogP contribution in [0.25, 0.3) is 10.9 Å². The fourth-order valence-corrected chi connectivity index (χ4v) is 4.23. The van der Waals surface area contributed by atoms with Crippen molar-refractivity contribution in [2.24, 2.45) is 0 Å². The highest BCUT2D eigenvalue weighted by Gasteiger charge is 2.28. The molecular formula is C22H25N5O3. The Bertz CT molecular complexity index is 1040. The van der Waals surface area contributed by atoms with Crippen LogP contribution in [0.1, 0.15) is 23.5 Å². The third kappa shape index (κ3) is 3.86. The Kier molecular flexibility index (Phi) is 5.67. The number of anilines is 2. The fraction of sp³-hybridized carbons (Fsp3) is 0.318. The molecular weight excluding hydrogens is 382 g/mol. The van der Waals surface area contributed by atoms with E-state index in [2.05, 4.69) is 62.7 Å². The molecule has 1 atom stereocenters. The number of nitrogens with one attached hydrogen (secondary N) is 2. The van der Waals surface area contributed by atoms with E-state index in [4.69, 9.17) is 9.90 Å². The summed E-state index contributed by atoms with van der Waals surface area (Å²) in [5.41, 5.74) is 5.45. The largest absolute Gasteiger partial charge is 0.483 e. The molecule has 0 bridgehead atoms. The zero-order chi connectivity index (χ0) is 21.1. The summed E-state index contributed by atoms with van der Waals surface area (Å²) in [7, 11) is 2.17. The molecule has 0 aliphatic carbocycles. The van der Waals surface area contributed by atoms with Crippen molar-refractivity contribution in [3.05, 3.63) is 53.7 Å². The van der Waals surface area contributed by atoms with Gasteiger partial charge in [0, 0.05) is 49.6 Å². The minimum Gasteiger partial charge on any atom is -0.483 e. The van der Waals surface area contributed by atoms with E-state index in [0.717, 1.165) is 48.3 Å². The van der Waals surface area contributed by atoms with Crippen molar-refractivity contribution >= 4 is 34.7 Å². The van der Waals surface area contributed by atoms with Crippen LogP contribution in [-0.4, -0.2) is 65.8 Å². The number of fused-ring (bicyclic) bond motifs is 3. The lowest BCUT2D eigenvalue weighted by Crippen LogP contribution is -2.44. The van der Waals surface area contributed by atoms with E-state index in [-0.39, 0.29) is 18.3 Å². The topological polar surface area (TPSA) is 102 Å². The van der Waals surface area contributed by atoms with Crippen LogP contribution in [0.15, 0.2) is 42.6 Å². The summed E-state index contributed by atoms with van der Waals surface area (Å²) in [5, 5.41) is 18.0. The maximum Gasteiger partial charge on any atom is 0.290 e. The van der Waals surface area contributed by atoms with Crippen molar-refractivity contribution in [3.8, 4) is 0 Å². The molecule has 1 amide bonds. The molecule has 0 radical (unpaired) electrons. The second-order valence-corrected chi connectivity index (χ2v) is 7.65. The Hall–Kier alpha value is -3.39. The number of H-pyrrole nitrogens is 1. The van der Waals surface area contributed by atoms with Gasteiger partial charge < -0.3 is 20.2 Å². The van der Waals surface area contributed by atoms with Gasteiger partial charge in [-0.15, -0.1) is 0 Å². The minimum absolute atomic E-state index is 0.0596. The van der Waals surface area contributed by atoms with E-state index < -0.39 is 0 Å². The third-order valence-corrected chi connectivity index (χ3v) is 5.85. The van der Waals surface area contributed by atoms with Crippen molar-refractivity contribution in [3.63, 3.8) is 0 Å². The van der Waals surface area contributed by atoms with E-state index in [0.29, 0.717) is 6.42 Å². The summed E-state index contributed by atoms with van der Waals surface area (Å²) >= 11 is 0. The number of carbonyl (C=O) groups is 2. The number of carboxylic acid groups (broad SMARTS) is 1. The van der Waals surface area contributed by atoms with Gasteiger partial charge in [-0.2, -0.15) is 5.10 Å². The first kappa shape index (κ1) is 19.9. The number of nitrogens with zero attached hydrogens (tertiary/aromatic N) is 3. The van der Waals surface area contributed by atoms with Gasteiger partial charge in [0.15, 0.2) is 0 Å². The maximum atomic E-state index is 12.4. The smallest absolute Gasteiger partial charge is 0.290 e. The van der Waals surface area contributed by atoms with Crippen LogP contribution in [0.2, 0.25) is 0 Å². The number of carbonyl (C=O) groups excluding carboxylic acids is 1. The summed E-state index contributed by atoms with van der Waals surface area (Å²) in [4.78, 5) is 25.5. The first-order chi connectivity index (χ1) is 14.6. The Morgan fingerprint density at radius 3 is 2.50 bits per heavy atom. The molecule has 1 saturated heterocycles. The molecule has 156 valence electrons. The molecule has 2 aliphatic rings. The average molecular weight is 407 g/mol. The van der Waals surface area contributed by atoms with Crippen LogP contribution < -0.4 is 10.2 Å². The number of amides is 1. The second kappa shape index (κ2) is 8.54. The standard InChI is InChI=1S/C21H23N5O.CH2O2/c1-25-8-10-26(11-9-25)15-4-2-14(3-5-15)17-12-20(27)23-21-16(17)6-7-19-18(21)13-22-24-19;2-1-3/h2-7,13,17H,8-12H2,1H3,(H,22,24)(H,23,27);1H,(H,2,3). The van der Waals surface area contributed by atoms with Crippen molar-refractivity contribution in [2.75, 3.05) is 43.4 Å². The molecule has 3 N–H and O–H groups in total. The monoisotopic (exact) mass is 407 g/mol. The van der Waals surface area contributed by atoms with E-state index in [1.165, 1.54) is 11.3 Å². The van der Waals surface area contributed by atoms with Gasteiger partial charge >= 0.3 is 0 Å². The fourth-order valence-electron chi connectivity index (χ4n) is 4.23. The summed E-state index contributed by atoms with van der Waals surface area (Å²) < 4.78 is 0. The van der Waals surface area contributed by atoms with Crippen molar-refractivity contribution in [1.29, 1.82) is 0 Å². The van der Waals surface area contributed by atoms with Gasteiger partial charge in [-0.1, -0.05) is 18.2 Å². The van der Waals surface area contributed by atoms with Crippen LogP contribution in [0.3, 0.4) is 0 Å².